The van der Waals surface area contributed by atoms with Crippen LogP contribution in [0.15, 0.2) is 18.2 Å². The van der Waals surface area contributed by atoms with Crippen LogP contribution in [0.25, 0.3) is 0 Å². The van der Waals surface area contributed by atoms with Crippen LogP contribution in [-0.2, 0) is 0 Å². The number of aryl methyl sites for hydroxylation is 1. The molecule has 0 aromatic heterocycles. The summed E-state index contributed by atoms with van der Waals surface area (Å²) in [5.74, 6) is 0. The quantitative estimate of drug-likeness (QED) is 0.641. The second kappa shape index (κ2) is 5.35. The number of hydrogen-bond acceptors (Lipinski definition) is 4. The Morgan fingerprint density at radius 3 is 2.67 bits per heavy atom. The first-order valence-electron chi connectivity index (χ1n) is 6.36. The molecule has 5 heteroatoms. The van der Waals surface area contributed by atoms with Gasteiger partial charge < -0.3 is 10.2 Å². The minimum atomic E-state index is -0.341. The zero-order valence-electron chi connectivity index (χ0n) is 10.8. The molecule has 0 unspecified atom stereocenters. The maximum atomic E-state index is 10.7. The Labute approximate surface area is 107 Å². The molecule has 1 aromatic carbocycles. The van der Waals surface area contributed by atoms with Crippen LogP contribution < -0.4 is 10.2 Å². The van der Waals surface area contributed by atoms with Crippen LogP contribution in [0.1, 0.15) is 18.9 Å². The van der Waals surface area contributed by atoms with Crippen molar-refractivity contribution >= 4 is 11.4 Å². The van der Waals surface area contributed by atoms with E-state index in [1.807, 2.05) is 13.0 Å². The van der Waals surface area contributed by atoms with Crippen molar-refractivity contribution in [3.8, 4) is 0 Å². The Bertz CT molecular complexity index is 444. The molecule has 1 heterocycles. The SMILES string of the molecule is CCCN(c1ccc([N+](=O)[O-])cc1C)C1CNC1. The number of nitro benzene ring substituents is 1. The lowest BCUT2D eigenvalue weighted by Crippen LogP contribution is -2.57. The predicted molar refractivity (Wildman–Crippen MR) is 72.1 cm³/mol. The lowest BCUT2D eigenvalue weighted by molar-refractivity contribution is -0.384. The third-order valence-corrected chi connectivity index (χ3v) is 3.37. The Balaban J connectivity index is 2.26. The van der Waals surface area contributed by atoms with Crippen LogP contribution in [0.3, 0.4) is 0 Å². The first-order chi connectivity index (χ1) is 8.63. The second-order valence-corrected chi connectivity index (χ2v) is 4.73. The predicted octanol–water partition coefficient (Wildman–Crippen LogP) is 2.09. The van der Waals surface area contributed by atoms with Gasteiger partial charge in [0.25, 0.3) is 5.69 Å². The van der Waals surface area contributed by atoms with Crippen molar-refractivity contribution in [3.63, 3.8) is 0 Å². The third-order valence-electron chi connectivity index (χ3n) is 3.37. The van der Waals surface area contributed by atoms with E-state index in [2.05, 4.69) is 17.1 Å². The Kier molecular flexibility index (Phi) is 3.81. The van der Waals surface area contributed by atoms with Crippen LogP contribution in [0.2, 0.25) is 0 Å². The smallest absolute Gasteiger partial charge is 0.269 e. The van der Waals surface area contributed by atoms with Crippen molar-refractivity contribution in [2.45, 2.75) is 26.3 Å². The van der Waals surface area contributed by atoms with Gasteiger partial charge in [-0.3, -0.25) is 10.1 Å². The Morgan fingerprint density at radius 1 is 1.50 bits per heavy atom. The Hall–Kier alpha value is -1.62. The fraction of sp³-hybridized carbons (Fsp3) is 0.538. The van der Waals surface area contributed by atoms with Gasteiger partial charge in [-0.05, 0) is 25.0 Å². The van der Waals surface area contributed by atoms with E-state index in [4.69, 9.17) is 0 Å². The maximum Gasteiger partial charge on any atom is 0.269 e. The number of hydrogen-bond donors (Lipinski definition) is 1. The summed E-state index contributed by atoms with van der Waals surface area (Å²) in [5, 5.41) is 14.0. The molecule has 1 aliphatic heterocycles. The molecule has 0 aliphatic carbocycles. The summed E-state index contributed by atoms with van der Waals surface area (Å²) in [5.41, 5.74) is 2.26. The molecule has 98 valence electrons. The molecule has 18 heavy (non-hydrogen) atoms. The Morgan fingerprint density at radius 2 is 2.22 bits per heavy atom. The molecule has 1 aromatic rings. The summed E-state index contributed by atoms with van der Waals surface area (Å²) in [6.07, 6.45) is 1.08. The highest BCUT2D eigenvalue weighted by molar-refractivity contribution is 5.58. The van der Waals surface area contributed by atoms with E-state index in [0.29, 0.717) is 6.04 Å². The average molecular weight is 249 g/mol. The van der Waals surface area contributed by atoms with Crippen LogP contribution >= 0.6 is 0 Å². The van der Waals surface area contributed by atoms with Crippen molar-refractivity contribution in [2.75, 3.05) is 24.5 Å². The van der Waals surface area contributed by atoms with E-state index in [-0.39, 0.29) is 10.6 Å². The van der Waals surface area contributed by atoms with Crippen molar-refractivity contribution in [1.82, 2.24) is 5.32 Å². The van der Waals surface area contributed by atoms with Crippen LogP contribution in [0.4, 0.5) is 11.4 Å². The molecule has 0 radical (unpaired) electrons. The molecule has 0 atom stereocenters. The van der Waals surface area contributed by atoms with Gasteiger partial charge in [0.15, 0.2) is 0 Å². The number of rotatable bonds is 5. The number of nitrogens with zero attached hydrogens (tertiary/aromatic N) is 2. The van der Waals surface area contributed by atoms with E-state index in [1.54, 1.807) is 12.1 Å². The normalized spacial score (nSPS) is 15.2. The highest BCUT2D eigenvalue weighted by Gasteiger charge is 2.25. The summed E-state index contributed by atoms with van der Waals surface area (Å²) in [6.45, 7) is 7.08. The van der Waals surface area contributed by atoms with E-state index >= 15 is 0 Å². The van der Waals surface area contributed by atoms with Gasteiger partial charge in [0, 0.05) is 37.5 Å². The molecule has 1 fully saturated rings. The average Bonchev–Trinajstić information content (AvgIpc) is 2.26. The molecule has 0 spiro atoms. The first kappa shape index (κ1) is 12.8. The highest BCUT2D eigenvalue weighted by Crippen LogP contribution is 2.27. The van der Waals surface area contributed by atoms with Gasteiger partial charge in [-0.2, -0.15) is 0 Å². The molecule has 0 bridgehead atoms. The summed E-state index contributed by atoms with van der Waals surface area (Å²) in [4.78, 5) is 12.8. The zero-order valence-corrected chi connectivity index (χ0v) is 10.8. The van der Waals surface area contributed by atoms with Crippen molar-refractivity contribution in [1.29, 1.82) is 0 Å². The summed E-state index contributed by atoms with van der Waals surface area (Å²) in [7, 11) is 0. The second-order valence-electron chi connectivity index (χ2n) is 4.73. The largest absolute Gasteiger partial charge is 0.366 e. The van der Waals surface area contributed by atoms with E-state index in [0.717, 1.165) is 37.3 Å². The topological polar surface area (TPSA) is 58.4 Å². The van der Waals surface area contributed by atoms with Crippen LogP contribution in [0, 0.1) is 17.0 Å². The van der Waals surface area contributed by atoms with E-state index in [1.165, 1.54) is 0 Å². The number of nitrogens with one attached hydrogen (secondary N) is 1. The zero-order chi connectivity index (χ0) is 13.1. The van der Waals surface area contributed by atoms with E-state index in [9.17, 15) is 10.1 Å². The summed E-state index contributed by atoms with van der Waals surface area (Å²) in [6, 6.07) is 5.65. The minimum Gasteiger partial charge on any atom is -0.366 e. The molecule has 0 amide bonds. The molecule has 1 saturated heterocycles. The third kappa shape index (κ3) is 2.46. The van der Waals surface area contributed by atoms with Gasteiger partial charge in [0.05, 0.1) is 11.0 Å². The number of anilines is 1. The van der Waals surface area contributed by atoms with Gasteiger partial charge in [-0.25, -0.2) is 0 Å². The first-order valence-corrected chi connectivity index (χ1v) is 6.36. The van der Waals surface area contributed by atoms with Crippen LogP contribution in [0.5, 0.6) is 0 Å². The van der Waals surface area contributed by atoms with Crippen molar-refractivity contribution < 1.29 is 4.92 Å². The fourth-order valence-electron chi connectivity index (χ4n) is 2.31. The molecule has 0 saturated carbocycles. The van der Waals surface area contributed by atoms with Gasteiger partial charge in [-0.1, -0.05) is 6.92 Å². The lowest BCUT2D eigenvalue weighted by atomic mass is 10.1. The summed E-state index contributed by atoms with van der Waals surface area (Å²) >= 11 is 0. The molecule has 5 nitrogen and oxygen atoms in total. The van der Waals surface area contributed by atoms with Crippen molar-refractivity contribution in [2.24, 2.45) is 0 Å². The monoisotopic (exact) mass is 249 g/mol. The fourth-order valence-corrected chi connectivity index (χ4v) is 2.31. The molecule has 1 aliphatic rings. The number of nitro groups is 1. The maximum absolute atomic E-state index is 10.7. The highest BCUT2D eigenvalue weighted by atomic mass is 16.6. The van der Waals surface area contributed by atoms with Crippen molar-refractivity contribution in [3.05, 3.63) is 33.9 Å². The number of benzene rings is 1. The molecular weight excluding hydrogens is 230 g/mol. The lowest BCUT2D eigenvalue weighted by Gasteiger charge is -2.40. The molecule has 1 N–H and O–H groups in total. The van der Waals surface area contributed by atoms with E-state index < -0.39 is 0 Å². The molecular formula is C13H19N3O2. The van der Waals surface area contributed by atoms with Gasteiger partial charge in [-0.15, -0.1) is 0 Å². The van der Waals surface area contributed by atoms with Crippen LogP contribution in [-0.4, -0.2) is 30.6 Å². The standard InChI is InChI=1S/C13H19N3O2/c1-3-6-15(12-8-14-9-12)13-5-4-11(16(17)18)7-10(13)2/h4-5,7,12,14H,3,6,8-9H2,1-2H3. The van der Waals surface area contributed by atoms with Gasteiger partial charge in [0.1, 0.15) is 0 Å². The summed E-state index contributed by atoms with van der Waals surface area (Å²) < 4.78 is 0. The number of non-ortho nitro benzene ring substituents is 1. The van der Waals surface area contributed by atoms with Gasteiger partial charge in [0.2, 0.25) is 0 Å². The molecule has 2 rings (SSSR count). The van der Waals surface area contributed by atoms with Gasteiger partial charge >= 0.3 is 0 Å². The minimum absolute atomic E-state index is 0.166.